The molecule has 2 aromatic carbocycles. The maximum Gasteiger partial charge on any atom is 0.273 e. The number of nitrogens with zero attached hydrogens (tertiary/aromatic N) is 3. The highest BCUT2D eigenvalue weighted by Crippen LogP contribution is 2.22. The highest BCUT2D eigenvalue weighted by molar-refractivity contribution is 5.96. The summed E-state index contributed by atoms with van der Waals surface area (Å²) in [7, 11) is 1.68. The van der Waals surface area contributed by atoms with E-state index in [9.17, 15) is 19.3 Å². The monoisotopic (exact) mass is 396 g/mol. The zero-order valence-corrected chi connectivity index (χ0v) is 16.2. The van der Waals surface area contributed by atoms with E-state index in [0.717, 1.165) is 17.0 Å². The van der Waals surface area contributed by atoms with Gasteiger partial charge < -0.3 is 4.90 Å². The van der Waals surface area contributed by atoms with Crippen LogP contribution in [0.2, 0.25) is 0 Å². The van der Waals surface area contributed by atoms with Gasteiger partial charge in [-0.1, -0.05) is 6.07 Å². The van der Waals surface area contributed by atoms with Gasteiger partial charge in [-0.3, -0.25) is 20.0 Å². The highest BCUT2D eigenvalue weighted by Gasteiger charge is 2.20. The first-order chi connectivity index (χ1) is 13.9. The number of aromatic amines is 1. The minimum Gasteiger partial charge on any atom is -0.342 e. The van der Waals surface area contributed by atoms with Crippen LogP contribution < -0.4 is 0 Å². The fourth-order valence-corrected chi connectivity index (χ4v) is 3.12. The lowest BCUT2D eigenvalue weighted by molar-refractivity contribution is -0.385. The van der Waals surface area contributed by atoms with E-state index in [1.807, 2.05) is 6.07 Å². The number of amides is 1. The van der Waals surface area contributed by atoms with Gasteiger partial charge in [-0.05, 0) is 56.2 Å². The Labute approximate surface area is 167 Å². The van der Waals surface area contributed by atoms with E-state index in [0.29, 0.717) is 30.5 Å². The van der Waals surface area contributed by atoms with Crippen molar-refractivity contribution in [3.8, 4) is 11.3 Å². The Bertz CT molecular complexity index is 1030. The summed E-state index contributed by atoms with van der Waals surface area (Å²) >= 11 is 0. The van der Waals surface area contributed by atoms with E-state index in [1.165, 1.54) is 24.3 Å². The summed E-state index contributed by atoms with van der Waals surface area (Å²) in [6.07, 6.45) is 1.38. The number of carbonyl (C=O) groups excluding carboxylic acids is 1. The van der Waals surface area contributed by atoms with E-state index < -0.39 is 4.92 Å². The van der Waals surface area contributed by atoms with Crippen LogP contribution in [0.3, 0.4) is 0 Å². The number of benzene rings is 2. The van der Waals surface area contributed by atoms with Crippen molar-refractivity contribution in [1.82, 2.24) is 15.1 Å². The molecule has 0 fully saturated rings. The van der Waals surface area contributed by atoms with E-state index in [-0.39, 0.29) is 17.4 Å². The lowest BCUT2D eigenvalue weighted by Crippen LogP contribution is -2.28. The Morgan fingerprint density at radius 3 is 2.66 bits per heavy atom. The second kappa shape index (κ2) is 8.64. The van der Waals surface area contributed by atoms with Gasteiger partial charge in [0.25, 0.3) is 11.6 Å². The summed E-state index contributed by atoms with van der Waals surface area (Å²) in [5, 5.41) is 18.3. The Hall–Kier alpha value is -3.55. The lowest BCUT2D eigenvalue weighted by Gasteiger charge is -2.18. The maximum atomic E-state index is 13.0. The molecule has 29 heavy (non-hydrogen) atoms. The topological polar surface area (TPSA) is 92.1 Å². The third-order valence-corrected chi connectivity index (χ3v) is 4.79. The Kier molecular flexibility index (Phi) is 6.01. The molecule has 150 valence electrons. The van der Waals surface area contributed by atoms with Gasteiger partial charge in [0, 0.05) is 42.0 Å². The summed E-state index contributed by atoms with van der Waals surface area (Å²) < 4.78 is 13.0. The second-order valence-corrected chi connectivity index (χ2v) is 6.82. The number of aryl methyl sites for hydroxylation is 1. The summed E-state index contributed by atoms with van der Waals surface area (Å²) in [4.78, 5) is 24.8. The molecule has 7 nitrogen and oxygen atoms in total. The van der Waals surface area contributed by atoms with Crippen molar-refractivity contribution in [2.45, 2.75) is 19.8 Å². The standard InChI is InChI=1S/C21H21FN4O3/c1-14-18(6-3-7-20(14)26(28)29)21(27)25(2)12-4-5-17-13-19(24-23-17)15-8-10-16(22)11-9-15/h3,6-11,13H,4-5,12H2,1-2H3,(H,23,24). The molecule has 0 spiro atoms. The minimum atomic E-state index is -0.483. The lowest BCUT2D eigenvalue weighted by atomic mass is 10.1. The quantitative estimate of drug-likeness (QED) is 0.480. The van der Waals surface area contributed by atoms with Crippen LogP contribution in [0.25, 0.3) is 11.3 Å². The van der Waals surface area contributed by atoms with Crippen LogP contribution in [-0.4, -0.2) is 39.5 Å². The maximum absolute atomic E-state index is 13.0. The van der Waals surface area contributed by atoms with Crippen LogP contribution in [0.15, 0.2) is 48.5 Å². The van der Waals surface area contributed by atoms with Crippen molar-refractivity contribution < 1.29 is 14.1 Å². The Morgan fingerprint density at radius 1 is 1.24 bits per heavy atom. The fraction of sp³-hybridized carbons (Fsp3) is 0.238. The van der Waals surface area contributed by atoms with Gasteiger partial charge in [0.15, 0.2) is 0 Å². The van der Waals surface area contributed by atoms with Crippen molar-refractivity contribution >= 4 is 11.6 Å². The predicted molar refractivity (Wildman–Crippen MR) is 107 cm³/mol. The third kappa shape index (κ3) is 4.66. The SMILES string of the molecule is Cc1c(C(=O)N(C)CCCc2cc(-c3ccc(F)cc3)n[nH]2)cccc1[N+](=O)[O-]. The van der Waals surface area contributed by atoms with Crippen LogP contribution in [0.1, 0.15) is 28.0 Å². The Balaban J connectivity index is 1.58. The molecule has 0 atom stereocenters. The number of nitro groups is 1. The number of rotatable bonds is 7. The molecule has 0 saturated heterocycles. The molecule has 0 saturated carbocycles. The number of nitrogens with one attached hydrogen (secondary N) is 1. The number of hydrogen-bond donors (Lipinski definition) is 1. The predicted octanol–water partition coefficient (Wildman–Crippen LogP) is 4.14. The first-order valence-corrected chi connectivity index (χ1v) is 9.16. The molecule has 1 N–H and O–H groups in total. The van der Waals surface area contributed by atoms with E-state index in [2.05, 4.69) is 10.2 Å². The molecule has 0 unspecified atom stereocenters. The van der Waals surface area contributed by atoms with Crippen molar-refractivity contribution in [3.63, 3.8) is 0 Å². The number of nitro benzene ring substituents is 1. The molecular weight excluding hydrogens is 375 g/mol. The molecule has 3 aromatic rings. The van der Waals surface area contributed by atoms with Gasteiger partial charge in [-0.25, -0.2) is 4.39 Å². The molecular formula is C21H21FN4O3. The van der Waals surface area contributed by atoms with Crippen molar-refractivity contribution in [1.29, 1.82) is 0 Å². The molecule has 1 amide bonds. The Morgan fingerprint density at radius 2 is 1.97 bits per heavy atom. The van der Waals surface area contributed by atoms with E-state index in [1.54, 1.807) is 37.1 Å². The molecule has 0 radical (unpaired) electrons. The molecule has 1 aromatic heterocycles. The number of halogens is 1. The minimum absolute atomic E-state index is 0.0602. The number of H-pyrrole nitrogens is 1. The number of hydrogen-bond acceptors (Lipinski definition) is 4. The first-order valence-electron chi connectivity index (χ1n) is 9.16. The largest absolute Gasteiger partial charge is 0.342 e. The summed E-state index contributed by atoms with van der Waals surface area (Å²) in [6.45, 7) is 2.08. The average molecular weight is 396 g/mol. The molecule has 1 heterocycles. The van der Waals surface area contributed by atoms with E-state index >= 15 is 0 Å². The van der Waals surface area contributed by atoms with Crippen LogP contribution in [0, 0.1) is 22.9 Å². The fourth-order valence-electron chi connectivity index (χ4n) is 3.12. The first kappa shape index (κ1) is 20.2. The van der Waals surface area contributed by atoms with Crippen LogP contribution in [-0.2, 0) is 6.42 Å². The average Bonchev–Trinajstić information content (AvgIpc) is 3.16. The smallest absolute Gasteiger partial charge is 0.273 e. The summed E-state index contributed by atoms with van der Waals surface area (Å²) in [5.41, 5.74) is 3.11. The third-order valence-electron chi connectivity index (χ3n) is 4.79. The molecule has 0 aliphatic heterocycles. The molecule has 8 heteroatoms. The number of carbonyl (C=O) groups is 1. The van der Waals surface area contributed by atoms with Crippen molar-refractivity contribution in [2.24, 2.45) is 0 Å². The van der Waals surface area contributed by atoms with Gasteiger partial charge in [-0.15, -0.1) is 0 Å². The molecule has 0 bridgehead atoms. The van der Waals surface area contributed by atoms with Gasteiger partial charge in [0.1, 0.15) is 5.82 Å². The number of aromatic nitrogens is 2. The molecule has 0 aliphatic carbocycles. The van der Waals surface area contributed by atoms with Gasteiger partial charge in [-0.2, -0.15) is 5.10 Å². The zero-order chi connectivity index (χ0) is 21.0. The van der Waals surface area contributed by atoms with Crippen molar-refractivity contribution in [2.75, 3.05) is 13.6 Å². The van der Waals surface area contributed by atoms with Gasteiger partial charge >= 0.3 is 0 Å². The van der Waals surface area contributed by atoms with E-state index in [4.69, 9.17) is 0 Å². The van der Waals surface area contributed by atoms with Crippen LogP contribution in [0.4, 0.5) is 10.1 Å². The van der Waals surface area contributed by atoms with Crippen LogP contribution in [0.5, 0.6) is 0 Å². The zero-order valence-electron chi connectivity index (χ0n) is 16.2. The van der Waals surface area contributed by atoms with Crippen molar-refractivity contribution in [3.05, 3.63) is 81.3 Å². The highest BCUT2D eigenvalue weighted by atomic mass is 19.1. The normalized spacial score (nSPS) is 10.7. The second-order valence-electron chi connectivity index (χ2n) is 6.82. The van der Waals surface area contributed by atoms with Gasteiger partial charge in [0.05, 0.1) is 10.6 Å². The van der Waals surface area contributed by atoms with Crippen LogP contribution >= 0.6 is 0 Å². The van der Waals surface area contributed by atoms with Gasteiger partial charge in [0.2, 0.25) is 0 Å². The molecule has 0 aliphatic rings. The summed E-state index contributed by atoms with van der Waals surface area (Å²) in [6, 6.07) is 12.5. The summed E-state index contributed by atoms with van der Waals surface area (Å²) in [5.74, 6) is -0.543. The molecule has 3 rings (SSSR count).